The number of nitrogens with one attached hydrogen (secondary N) is 1. The van der Waals surface area contributed by atoms with Gasteiger partial charge in [0.25, 0.3) is 5.91 Å². The normalized spacial score (nSPS) is 15.5. The minimum Gasteiger partial charge on any atom is -0.322 e. The molecule has 3 aromatic carbocycles. The fourth-order valence-corrected chi connectivity index (χ4v) is 4.62. The lowest BCUT2D eigenvalue weighted by molar-refractivity contribution is -0.117. The highest BCUT2D eigenvalue weighted by Gasteiger charge is 2.36. The molecule has 1 atom stereocenters. The number of amides is 1. The van der Waals surface area contributed by atoms with E-state index in [0.29, 0.717) is 28.7 Å². The Morgan fingerprint density at radius 2 is 1.59 bits per heavy atom. The third-order valence-corrected chi connectivity index (χ3v) is 6.49. The molecule has 5 rings (SSSR count). The average Bonchev–Trinajstić information content (AvgIpc) is 2.83. The van der Waals surface area contributed by atoms with Gasteiger partial charge in [-0.2, -0.15) is 0 Å². The van der Waals surface area contributed by atoms with E-state index in [0.717, 1.165) is 11.1 Å². The number of carbonyl (C=O) groups excluding carboxylic acids is 1. The van der Waals surface area contributed by atoms with Crippen molar-refractivity contribution in [2.24, 2.45) is 5.14 Å². The summed E-state index contributed by atoms with van der Waals surface area (Å²) in [6.45, 7) is 1.79. The van der Waals surface area contributed by atoms with E-state index in [4.69, 9.17) is 5.14 Å². The first kappa shape index (κ1) is 21.7. The number of aromatic nitrogens is 2. The van der Waals surface area contributed by atoms with E-state index < -0.39 is 16.1 Å². The predicted octanol–water partition coefficient (Wildman–Crippen LogP) is 3.93. The summed E-state index contributed by atoms with van der Waals surface area (Å²) in [5, 5.41) is 8.16. The van der Waals surface area contributed by atoms with E-state index in [1.54, 1.807) is 17.9 Å². The van der Waals surface area contributed by atoms with E-state index in [2.05, 4.69) is 15.3 Å². The van der Waals surface area contributed by atoms with Gasteiger partial charge in [-0.15, -0.1) is 0 Å². The Hall–Kier alpha value is -4.08. The minimum absolute atomic E-state index is 0.0893. The van der Waals surface area contributed by atoms with Crippen molar-refractivity contribution in [2.45, 2.75) is 17.9 Å². The molecule has 0 fully saturated rings. The molecule has 8 nitrogen and oxygen atoms in total. The molecular weight excluding hydrogens is 450 g/mol. The topological polar surface area (TPSA) is 118 Å². The van der Waals surface area contributed by atoms with Crippen molar-refractivity contribution >= 4 is 33.1 Å². The summed E-state index contributed by atoms with van der Waals surface area (Å²) >= 11 is 0. The molecule has 4 aromatic rings. The minimum atomic E-state index is -3.95. The van der Waals surface area contributed by atoms with Gasteiger partial charge in [-0.05, 0) is 30.7 Å². The first-order valence-electron chi connectivity index (χ1n) is 10.5. The fraction of sp³-hybridized carbons (Fsp3) is 0.0800. The third kappa shape index (κ3) is 4.02. The van der Waals surface area contributed by atoms with Gasteiger partial charge < -0.3 is 10.2 Å². The third-order valence-electron chi connectivity index (χ3n) is 5.58. The number of anilines is 3. The SMILES string of the molecule is Cc1nc(-c2ccccc2)cc(N2c3ccc(S(N)(=O)=O)cc3NC(=O)C2c2ccccc2)n1. The van der Waals surface area contributed by atoms with Crippen molar-refractivity contribution in [1.82, 2.24) is 9.97 Å². The lowest BCUT2D eigenvalue weighted by atomic mass is 9.99. The van der Waals surface area contributed by atoms with Crippen LogP contribution in [0.25, 0.3) is 11.3 Å². The highest BCUT2D eigenvalue weighted by atomic mass is 32.2. The number of benzene rings is 3. The molecule has 2 heterocycles. The summed E-state index contributed by atoms with van der Waals surface area (Å²) in [6, 6.07) is 24.5. The molecule has 9 heteroatoms. The number of primary sulfonamides is 1. The zero-order valence-corrected chi connectivity index (χ0v) is 19.0. The number of nitrogens with zero attached hydrogens (tertiary/aromatic N) is 3. The number of rotatable bonds is 4. The summed E-state index contributed by atoms with van der Waals surface area (Å²) in [5.41, 5.74) is 3.32. The molecule has 1 aliphatic heterocycles. The Morgan fingerprint density at radius 3 is 2.26 bits per heavy atom. The predicted molar refractivity (Wildman–Crippen MR) is 130 cm³/mol. The lowest BCUT2D eigenvalue weighted by Crippen LogP contribution is -2.39. The Bertz CT molecular complexity index is 1490. The molecule has 0 saturated heterocycles. The summed E-state index contributed by atoms with van der Waals surface area (Å²) in [4.78, 5) is 24.3. The number of nitrogens with two attached hydrogens (primary N) is 1. The van der Waals surface area contributed by atoms with E-state index in [-0.39, 0.29) is 10.8 Å². The molecule has 0 saturated carbocycles. The van der Waals surface area contributed by atoms with Crippen molar-refractivity contribution in [1.29, 1.82) is 0 Å². The fourth-order valence-electron chi connectivity index (χ4n) is 4.08. The van der Waals surface area contributed by atoms with Crippen LogP contribution < -0.4 is 15.4 Å². The van der Waals surface area contributed by atoms with Crippen molar-refractivity contribution < 1.29 is 13.2 Å². The largest absolute Gasteiger partial charge is 0.322 e. The number of sulfonamides is 1. The Morgan fingerprint density at radius 1 is 0.912 bits per heavy atom. The number of hydrogen-bond donors (Lipinski definition) is 2. The molecule has 1 amide bonds. The van der Waals surface area contributed by atoms with Crippen LogP contribution in [0.5, 0.6) is 0 Å². The van der Waals surface area contributed by atoms with Crippen molar-refractivity contribution in [2.75, 3.05) is 10.2 Å². The van der Waals surface area contributed by atoms with Crippen LogP contribution in [0.3, 0.4) is 0 Å². The van der Waals surface area contributed by atoms with Gasteiger partial charge in [0, 0.05) is 11.6 Å². The van der Waals surface area contributed by atoms with Gasteiger partial charge >= 0.3 is 0 Å². The molecule has 34 heavy (non-hydrogen) atoms. The maximum atomic E-state index is 13.4. The molecule has 0 spiro atoms. The van der Waals surface area contributed by atoms with Crippen LogP contribution in [0.1, 0.15) is 17.4 Å². The van der Waals surface area contributed by atoms with Crippen LogP contribution in [-0.2, 0) is 14.8 Å². The quantitative estimate of drug-likeness (QED) is 0.466. The standard InChI is InChI=1S/C25H21N5O3S/c1-16-27-20(17-8-4-2-5-9-17)15-23(28-16)30-22-13-12-19(34(26,32)33)14-21(22)29-25(31)24(30)18-10-6-3-7-11-18/h2-15,24H,1H3,(H,29,31)(H2,26,32,33). The summed E-state index contributed by atoms with van der Waals surface area (Å²) in [7, 11) is -3.95. The maximum absolute atomic E-state index is 13.4. The van der Waals surface area contributed by atoms with E-state index >= 15 is 0 Å². The second-order valence-electron chi connectivity index (χ2n) is 7.92. The molecule has 0 aliphatic carbocycles. The Balaban J connectivity index is 1.74. The van der Waals surface area contributed by atoms with Crippen molar-refractivity contribution in [3.05, 3.63) is 96.3 Å². The Kier molecular flexibility index (Phi) is 5.35. The molecule has 170 valence electrons. The molecule has 1 aliphatic rings. The summed E-state index contributed by atoms with van der Waals surface area (Å²) in [5.74, 6) is 0.735. The lowest BCUT2D eigenvalue weighted by Gasteiger charge is -2.37. The molecular formula is C25H21N5O3S. The van der Waals surface area contributed by atoms with Crippen LogP contribution in [0.2, 0.25) is 0 Å². The second kappa shape index (κ2) is 8.36. The molecule has 0 bridgehead atoms. The molecule has 0 radical (unpaired) electrons. The van der Waals surface area contributed by atoms with Crippen LogP contribution >= 0.6 is 0 Å². The van der Waals surface area contributed by atoms with Gasteiger partial charge in [-0.25, -0.2) is 23.5 Å². The summed E-state index contributed by atoms with van der Waals surface area (Å²) < 4.78 is 23.8. The van der Waals surface area contributed by atoms with Gasteiger partial charge in [-0.1, -0.05) is 60.7 Å². The Labute approximate surface area is 197 Å². The van der Waals surface area contributed by atoms with E-state index in [1.807, 2.05) is 66.7 Å². The zero-order valence-electron chi connectivity index (χ0n) is 18.2. The number of aryl methyl sites for hydroxylation is 1. The van der Waals surface area contributed by atoms with Gasteiger partial charge in [0.15, 0.2) is 0 Å². The zero-order chi connectivity index (χ0) is 23.9. The van der Waals surface area contributed by atoms with Gasteiger partial charge in [0.2, 0.25) is 10.0 Å². The first-order chi connectivity index (χ1) is 16.3. The van der Waals surface area contributed by atoms with Crippen LogP contribution in [-0.4, -0.2) is 24.3 Å². The molecule has 1 unspecified atom stereocenters. The smallest absolute Gasteiger partial charge is 0.252 e. The van der Waals surface area contributed by atoms with Gasteiger partial charge in [0.05, 0.1) is 22.0 Å². The molecule has 3 N–H and O–H groups in total. The first-order valence-corrected chi connectivity index (χ1v) is 12.1. The highest BCUT2D eigenvalue weighted by Crippen LogP contribution is 2.44. The molecule has 1 aromatic heterocycles. The monoisotopic (exact) mass is 471 g/mol. The number of fused-ring (bicyclic) bond motifs is 1. The average molecular weight is 472 g/mol. The number of carbonyl (C=O) groups is 1. The second-order valence-corrected chi connectivity index (χ2v) is 9.48. The van der Waals surface area contributed by atoms with Crippen LogP contribution in [0.4, 0.5) is 17.2 Å². The maximum Gasteiger partial charge on any atom is 0.252 e. The van der Waals surface area contributed by atoms with Gasteiger partial charge in [0.1, 0.15) is 17.7 Å². The van der Waals surface area contributed by atoms with Crippen molar-refractivity contribution in [3.8, 4) is 11.3 Å². The van der Waals surface area contributed by atoms with Crippen LogP contribution in [0.15, 0.2) is 89.8 Å². The van der Waals surface area contributed by atoms with E-state index in [1.165, 1.54) is 12.1 Å². The van der Waals surface area contributed by atoms with Gasteiger partial charge in [-0.3, -0.25) is 4.79 Å². The summed E-state index contributed by atoms with van der Waals surface area (Å²) in [6.07, 6.45) is 0. The van der Waals surface area contributed by atoms with Crippen molar-refractivity contribution in [3.63, 3.8) is 0 Å². The number of hydrogen-bond acceptors (Lipinski definition) is 6. The highest BCUT2D eigenvalue weighted by molar-refractivity contribution is 7.89. The van der Waals surface area contributed by atoms with E-state index in [9.17, 15) is 13.2 Å². The van der Waals surface area contributed by atoms with Crippen LogP contribution in [0, 0.1) is 6.92 Å².